The molecule has 1 aromatic rings. The summed E-state index contributed by atoms with van der Waals surface area (Å²) in [7, 11) is 0. The molecule has 2 rings (SSSR count). The van der Waals surface area contributed by atoms with Crippen molar-refractivity contribution in [2.24, 2.45) is 5.92 Å². The summed E-state index contributed by atoms with van der Waals surface area (Å²) < 4.78 is 0. The van der Waals surface area contributed by atoms with Gasteiger partial charge in [0, 0.05) is 27.8 Å². The van der Waals surface area contributed by atoms with Crippen molar-refractivity contribution in [1.29, 1.82) is 0 Å². The second-order valence-corrected chi connectivity index (χ2v) is 6.35. The zero-order valence-corrected chi connectivity index (χ0v) is 11.7. The molecule has 3 unspecified atom stereocenters. The summed E-state index contributed by atoms with van der Waals surface area (Å²) in [6.07, 6.45) is 0. The molecule has 0 bridgehead atoms. The van der Waals surface area contributed by atoms with Gasteiger partial charge in [-0.15, -0.1) is 11.8 Å². The standard InChI is InChI=1S/C13H18ClNOS/c1-9-7-15(8-16)10(2)13(9)17-12-5-3-11(14)4-6-12/h3-6,9-10,13,16H,7-8H2,1-2H3. The first-order valence-electron chi connectivity index (χ1n) is 5.89. The largest absolute Gasteiger partial charge is 0.381 e. The van der Waals surface area contributed by atoms with E-state index in [0.29, 0.717) is 17.2 Å². The second-order valence-electron chi connectivity index (χ2n) is 4.67. The van der Waals surface area contributed by atoms with Gasteiger partial charge in [0.25, 0.3) is 0 Å². The molecule has 1 fully saturated rings. The molecule has 0 spiro atoms. The third kappa shape index (κ3) is 2.97. The fraction of sp³-hybridized carbons (Fsp3) is 0.538. The summed E-state index contributed by atoms with van der Waals surface area (Å²) >= 11 is 7.76. The number of rotatable bonds is 3. The third-order valence-electron chi connectivity index (χ3n) is 3.40. The molecule has 0 aromatic heterocycles. The van der Waals surface area contributed by atoms with Crippen LogP contribution in [0.25, 0.3) is 0 Å². The second kappa shape index (κ2) is 5.61. The Morgan fingerprint density at radius 2 is 2.00 bits per heavy atom. The van der Waals surface area contributed by atoms with Gasteiger partial charge in [-0.1, -0.05) is 18.5 Å². The maximum absolute atomic E-state index is 9.27. The van der Waals surface area contributed by atoms with Gasteiger partial charge < -0.3 is 5.11 Å². The number of hydrogen-bond donors (Lipinski definition) is 1. The lowest BCUT2D eigenvalue weighted by atomic mass is 10.1. The zero-order valence-electron chi connectivity index (χ0n) is 10.1. The summed E-state index contributed by atoms with van der Waals surface area (Å²) in [6.45, 7) is 5.57. The maximum atomic E-state index is 9.27. The van der Waals surface area contributed by atoms with Crippen LogP contribution < -0.4 is 0 Å². The first-order chi connectivity index (χ1) is 8.11. The number of aliphatic hydroxyl groups is 1. The minimum absolute atomic E-state index is 0.156. The fourth-order valence-corrected chi connectivity index (χ4v) is 3.82. The van der Waals surface area contributed by atoms with Gasteiger partial charge in [0.2, 0.25) is 0 Å². The number of hydrogen-bond acceptors (Lipinski definition) is 3. The van der Waals surface area contributed by atoms with Gasteiger partial charge in [-0.3, -0.25) is 4.90 Å². The molecule has 4 heteroatoms. The molecule has 1 aromatic carbocycles. The first kappa shape index (κ1) is 13.2. The van der Waals surface area contributed by atoms with Crippen LogP contribution in [0.5, 0.6) is 0 Å². The van der Waals surface area contributed by atoms with Crippen LogP contribution in [0, 0.1) is 5.92 Å². The predicted molar refractivity (Wildman–Crippen MR) is 73.5 cm³/mol. The Kier molecular flexibility index (Phi) is 4.36. The molecule has 1 N–H and O–H groups in total. The highest BCUT2D eigenvalue weighted by molar-refractivity contribution is 8.00. The molecule has 2 nitrogen and oxygen atoms in total. The predicted octanol–water partition coefficient (Wildman–Crippen LogP) is 3.09. The monoisotopic (exact) mass is 271 g/mol. The number of benzene rings is 1. The van der Waals surface area contributed by atoms with Crippen molar-refractivity contribution in [1.82, 2.24) is 4.90 Å². The van der Waals surface area contributed by atoms with Crippen LogP contribution in [0.1, 0.15) is 13.8 Å². The van der Waals surface area contributed by atoms with E-state index in [1.54, 1.807) is 0 Å². The van der Waals surface area contributed by atoms with E-state index in [2.05, 4.69) is 30.9 Å². The van der Waals surface area contributed by atoms with Crippen LogP contribution in [-0.2, 0) is 0 Å². The van der Waals surface area contributed by atoms with Crippen LogP contribution in [0.3, 0.4) is 0 Å². The van der Waals surface area contributed by atoms with E-state index >= 15 is 0 Å². The van der Waals surface area contributed by atoms with Gasteiger partial charge in [-0.05, 0) is 37.1 Å². The van der Waals surface area contributed by atoms with E-state index in [-0.39, 0.29) is 6.73 Å². The first-order valence-corrected chi connectivity index (χ1v) is 7.14. The van der Waals surface area contributed by atoms with Crippen LogP contribution in [0.2, 0.25) is 5.02 Å². The molecule has 0 amide bonds. The average molecular weight is 272 g/mol. The van der Waals surface area contributed by atoms with Crippen molar-refractivity contribution < 1.29 is 5.11 Å². The lowest BCUT2D eigenvalue weighted by Gasteiger charge is -2.22. The Morgan fingerprint density at radius 3 is 2.53 bits per heavy atom. The Hall–Kier alpha value is -0.220. The Bertz CT molecular complexity index is 370. The summed E-state index contributed by atoms with van der Waals surface area (Å²) in [4.78, 5) is 3.37. The van der Waals surface area contributed by atoms with E-state index in [1.807, 2.05) is 23.9 Å². The molecule has 1 aliphatic rings. The highest BCUT2D eigenvalue weighted by Crippen LogP contribution is 2.37. The molecule has 17 heavy (non-hydrogen) atoms. The van der Waals surface area contributed by atoms with Gasteiger partial charge in [-0.2, -0.15) is 0 Å². The molecule has 1 aliphatic heterocycles. The summed E-state index contributed by atoms with van der Waals surface area (Å²) in [5, 5.41) is 10.6. The van der Waals surface area contributed by atoms with Crippen molar-refractivity contribution >= 4 is 23.4 Å². The number of thioether (sulfide) groups is 1. The van der Waals surface area contributed by atoms with E-state index < -0.39 is 0 Å². The van der Waals surface area contributed by atoms with Gasteiger partial charge in [0.05, 0.1) is 6.73 Å². The van der Waals surface area contributed by atoms with E-state index in [9.17, 15) is 5.11 Å². The highest BCUT2D eigenvalue weighted by Gasteiger charge is 2.36. The number of halogens is 1. The van der Waals surface area contributed by atoms with Crippen molar-refractivity contribution in [2.75, 3.05) is 13.3 Å². The molecule has 0 radical (unpaired) electrons. The Morgan fingerprint density at radius 1 is 1.35 bits per heavy atom. The molecule has 0 saturated carbocycles. The quantitative estimate of drug-likeness (QED) is 0.914. The average Bonchev–Trinajstić information content (AvgIpc) is 2.59. The summed E-state index contributed by atoms with van der Waals surface area (Å²) in [5.74, 6) is 0.595. The molecular weight excluding hydrogens is 254 g/mol. The topological polar surface area (TPSA) is 23.5 Å². The Labute approximate surface area is 112 Å². The molecule has 0 aliphatic carbocycles. The number of likely N-dealkylation sites (tertiary alicyclic amines) is 1. The van der Waals surface area contributed by atoms with Gasteiger partial charge in [0.15, 0.2) is 0 Å². The SMILES string of the molecule is CC1CN(CO)C(C)C1Sc1ccc(Cl)cc1. The van der Waals surface area contributed by atoms with E-state index in [0.717, 1.165) is 11.6 Å². The number of aliphatic hydroxyl groups excluding tert-OH is 1. The zero-order chi connectivity index (χ0) is 12.4. The van der Waals surface area contributed by atoms with Crippen LogP contribution in [-0.4, -0.2) is 34.6 Å². The van der Waals surface area contributed by atoms with E-state index in [1.165, 1.54) is 4.90 Å². The van der Waals surface area contributed by atoms with Crippen LogP contribution >= 0.6 is 23.4 Å². The van der Waals surface area contributed by atoms with E-state index in [4.69, 9.17) is 11.6 Å². The lowest BCUT2D eigenvalue weighted by Crippen LogP contribution is -2.31. The summed E-state index contributed by atoms with van der Waals surface area (Å²) in [5.41, 5.74) is 0. The summed E-state index contributed by atoms with van der Waals surface area (Å²) in [6, 6.07) is 8.40. The molecule has 1 saturated heterocycles. The minimum atomic E-state index is 0.156. The lowest BCUT2D eigenvalue weighted by molar-refractivity contribution is 0.101. The fourth-order valence-electron chi connectivity index (χ4n) is 2.39. The van der Waals surface area contributed by atoms with Crippen molar-refractivity contribution in [3.05, 3.63) is 29.3 Å². The smallest absolute Gasteiger partial charge is 0.0959 e. The van der Waals surface area contributed by atoms with Gasteiger partial charge >= 0.3 is 0 Å². The van der Waals surface area contributed by atoms with Crippen molar-refractivity contribution in [2.45, 2.75) is 30.0 Å². The molecule has 1 heterocycles. The number of nitrogens with zero attached hydrogens (tertiary/aromatic N) is 1. The Balaban J connectivity index is 2.05. The van der Waals surface area contributed by atoms with Crippen LogP contribution in [0.4, 0.5) is 0 Å². The van der Waals surface area contributed by atoms with Crippen molar-refractivity contribution in [3.63, 3.8) is 0 Å². The molecular formula is C13H18ClNOS. The third-order valence-corrected chi connectivity index (χ3v) is 5.33. The molecule has 3 atom stereocenters. The minimum Gasteiger partial charge on any atom is -0.381 e. The van der Waals surface area contributed by atoms with Crippen LogP contribution in [0.15, 0.2) is 29.2 Å². The highest BCUT2D eigenvalue weighted by atomic mass is 35.5. The van der Waals surface area contributed by atoms with Gasteiger partial charge in [-0.25, -0.2) is 0 Å². The normalized spacial score (nSPS) is 29.8. The molecule has 94 valence electrons. The van der Waals surface area contributed by atoms with Gasteiger partial charge in [0.1, 0.15) is 0 Å². The van der Waals surface area contributed by atoms with Crippen molar-refractivity contribution in [3.8, 4) is 0 Å². The maximum Gasteiger partial charge on any atom is 0.0959 e.